The molecule has 3 aliphatic rings. The van der Waals surface area contributed by atoms with E-state index in [0.29, 0.717) is 24.7 Å². The average molecular weight is 851 g/mol. The van der Waals surface area contributed by atoms with Gasteiger partial charge in [0, 0.05) is 104 Å². The Kier molecular flexibility index (Phi) is 11.4. The number of aromatic nitrogens is 6. The maximum Gasteiger partial charge on any atom is 0.328 e. The number of H-pyrrole nitrogens is 1. The Labute approximate surface area is 366 Å². The molecular weight excluding hydrogens is 797 g/mol. The van der Waals surface area contributed by atoms with E-state index in [9.17, 15) is 14.4 Å². The van der Waals surface area contributed by atoms with Crippen molar-refractivity contribution in [1.82, 2.24) is 45.6 Å². The second-order valence-electron chi connectivity index (χ2n) is 18.0. The molecule has 4 amide bonds. The number of hydrogen-bond acceptors (Lipinski definition) is 12. The number of rotatable bonds is 10. The van der Waals surface area contributed by atoms with Crippen LogP contribution in [0.5, 0.6) is 0 Å². The van der Waals surface area contributed by atoms with E-state index in [4.69, 9.17) is 9.51 Å². The number of fused-ring (bicyclic) bond motifs is 1. The predicted octanol–water partition coefficient (Wildman–Crippen LogP) is 6.65. The minimum Gasteiger partial charge on any atom is -0.372 e. The highest BCUT2D eigenvalue weighted by atomic mass is 16.5. The molecule has 4 aromatic heterocycles. The lowest BCUT2D eigenvalue weighted by Gasteiger charge is -2.39. The zero-order valence-corrected chi connectivity index (χ0v) is 36.5. The number of piperidine rings is 1. The first kappa shape index (κ1) is 41.7. The van der Waals surface area contributed by atoms with Gasteiger partial charge in [-0.05, 0) is 92.3 Å². The monoisotopic (exact) mass is 850 g/mol. The number of pyridine rings is 1. The van der Waals surface area contributed by atoms with Gasteiger partial charge in [-0.1, -0.05) is 38.1 Å². The fourth-order valence-corrected chi connectivity index (χ4v) is 8.88. The zero-order chi connectivity index (χ0) is 43.8. The lowest BCUT2D eigenvalue weighted by atomic mass is 9.95. The Morgan fingerprint density at radius 1 is 0.873 bits per heavy atom. The Morgan fingerprint density at radius 3 is 2.30 bits per heavy atom. The molecule has 0 unspecified atom stereocenters. The van der Waals surface area contributed by atoms with E-state index < -0.39 is 5.91 Å². The number of nitrogens with one attached hydrogen (secondary N) is 3. The molecule has 3 fully saturated rings. The summed E-state index contributed by atoms with van der Waals surface area (Å²) in [4.78, 5) is 67.7. The minimum absolute atomic E-state index is 0.0499. The van der Waals surface area contributed by atoms with Crippen LogP contribution in [0.3, 0.4) is 0 Å². The first-order chi connectivity index (χ1) is 30.4. The summed E-state index contributed by atoms with van der Waals surface area (Å²) in [7, 11) is 0. The van der Waals surface area contributed by atoms with Crippen molar-refractivity contribution in [1.29, 1.82) is 0 Å². The number of aryl methyl sites for hydroxylation is 1. The van der Waals surface area contributed by atoms with E-state index in [1.54, 1.807) is 11.2 Å². The van der Waals surface area contributed by atoms with E-state index in [0.717, 1.165) is 115 Å². The molecule has 63 heavy (non-hydrogen) atoms. The summed E-state index contributed by atoms with van der Waals surface area (Å²) >= 11 is 0. The maximum atomic E-state index is 12.9. The largest absolute Gasteiger partial charge is 0.372 e. The Bertz CT molecular complexity index is 2620. The van der Waals surface area contributed by atoms with E-state index in [-0.39, 0.29) is 29.3 Å². The van der Waals surface area contributed by atoms with Gasteiger partial charge >= 0.3 is 17.8 Å². The third-order valence-corrected chi connectivity index (χ3v) is 12.5. The molecule has 3 aliphatic heterocycles. The third-order valence-electron chi connectivity index (χ3n) is 12.5. The predicted molar refractivity (Wildman–Crippen MR) is 242 cm³/mol. The van der Waals surface area contributed by atoms with Crippen molar-refractivity contribution in [3.63, 3.8) is 0 Å². The number of hydrogen-bond donors (Lipinski definition) is 3. The van der Waals surface area contributed by atoms with Crippen LogP contribution in [0.1, 0.15) is 80.6 Å². The molecule has 1 atom stereocenters. The van der Waals surface area contributed by atoms with Crippen molar-refractivity contribution in [3.8, 4) is 22.5 Å². The van der Waals surface area contributed by atoms with Crippen LogP contribution >= 0.6 is 0 Å². The second kappa shape index (κ2) is 17.2. The van der Waals surface area contributed by atoms with Gasteiger partial charge in [0.1, 0.15) is 17.8 Å². The van der Waals surface area contributed by atoms with E-state index in [2.05, 4.69) is 86.8 Å². The average Bonchev–Trinajstić information content (AvgIpc) is 3.97. The molecule has 3 saturated heterocycles. The van der Waals surface area contributed by atoms with Crippen LogP contribution in [0.4, 0.5) is 22.0 Å². The number of imide groups is 1. The molecule has 0 aliphatic carbocycles. The molecule has 6 aromatic rings. The standard InChI is InChI=1S/C47H54N12O4/c1-29-24-32(6-12-36(29)30(2)51-43(61)44-54-45(55-63-44)47(3,4)5)41-37-25-38(52-42(37)50-28-49-41)33-7-13-39(48-26-33)58-22-20-56(21-23-58)27-31-14-17-57(18-15-31)34-8-10-35(11-9-34)59-19-16-40(60)53-46(59)62/h6-13,24-26,28,30-31H,14-23,27H2,1-5H3,(H,51,61)(H,49,50,52)(H,53,60,62)/t30-/m1/s1. The number of carbonyl (C=O) groups excluding carboxylic acids is 3. The van der Waals surface area contributed by atoms with Gasteiger partial charge in [-0.15, -0.1) is 0 Å². The van der Waals surface area contributed by atoms with Crippen molar-refractivity contribution in [2.24, 2.45) is 5.92 Å². The number of carbonyl (C=O) groups is 3. The summed E-state index contributed by atoms with van der Waals surface area (Å²) in [6.45, 7) is 17.3. The molecule has 16 nitrogen and oxygen atoms in total. The maximum absolute atomic E-state index is 12.9. The zero-order valence-electron chi connectivity index (χ0n) is 36.5. The summed E-state index contributed by atoms with van der Waals surface area (Å²) in [5.74, 6) is 1.45. The first-order valence-electron chi connectivity index (χ1n) is 21.9. The van der Waals surface area contributed by atoms with E-state index in [1.807, 2.05) is 65.1 Å². The summed E-state index contributed by atoms with van der Waals surface area (Å²) in [6.07, 6.45) is 6.13. The molecule has 16 heteroatoms. The van der Waals surface area contributed by atoms with Crippen LogP contribution < -0.4 is 25.3 Å². The molecule has 0 saturated carbocycles. The number of nitrogens with zero attached hydrogens (tertiary/aromatic N) is 9. The van der Waals surface area contributed by atoms with E-state index in [1.165, 1.54) is 5.69 Å². The first-order valence-corrected chi connectivity index (χ1v) is 21.9. The summed E-state index contributed by atoms with van der Waals surface area (Å²) < 4.78 is 5.25. The Morgan fingerprint density at radius 2 is 1.62 bits per heavy atom. The molecule has 3 N–H and O–H groups in total. The van der Waals surface area contributed by atoms with Crippen LogP contribution in [0.25, 0.3) is 33.5 Å². The van der Waals surface area contributed by atoms with Gasteiger partial charge in [0.2, 0.25) is 5.91 Å². The van der Waals surface area contributed by atoms with Gasteiger partial charge in [0.25, 0.3) is 0 Å². The number of anilines is 3. The molecule has 2 aromatic carbocycles. The number of benzene rings is 2. The molecule has 9 rings (SSSR count). The van der Waals surface area contributed by atoms with Crippen LogP contribution in [-0.4, -0.2) is 105 Å². The second-order valence-corrected chi connectivity index (χ2v) is 18.0. The van der Waals surface area contributed by atoms with Crippen molar-refractivity contribution in [2.45, 2.75) is 65.3 Å². The smallest absolute Gasteiger partial charge is 0.328 e. The Balaban J connectivity index is 0.768. The minimum atomic E-state index is -0.411. The highest BCUT2D eigenvalue weighted by molar-refractivity contribution is 6.05. The summed E-state index contributed by atoms with van der Waals surface area (Å²) in [6, 6.07) is 19.9. The number of piperazine rings is 1. The lowest BCUT2D eigenvalue weighted by Crippen LogP contribution is -2.49. The number of amides is 4. The van der Waals surface area contributed by atoms with Gasteiger partial charge in [-0.2, -0.15) is 4.98 Å². The molecule has 0 spiro atoms. The highest BCUT2D eigenvalue weighted by Gasteiger charge is 2.28. The molecule has 0 radical (unpaired) electrons. The highest BCUT2D eigenvalue weighted by Crippen LogP contribution is 2.33. The number of aromatic amines is 1. The molecule has 7 heterocycles. The topological polar surface area (TPSA) is 182 Å². The van der Waals surface area contributed by atoms with Gasteiger partial charge in [-0.3, -0.25) is 24.7 Å². The fraction of sp³-hybridized carbons (Fsp3) is 0.404. The van der Waals surface area contributed by atoms with Gasteiger partial charge < -0.3 is 24.6 Å². The van der Waals surface area contributed by atoms with E-state index >= 15 is 0 Å². The Hall–Kier alpha value is -6.68. The normalized spacial score (nSPS) is 17.3. The van der Waals surface area contributed by atoms with Crippen molar-refractivity contribution in [2.75, 3.05) is 67.1 Å². The molecule has 326 valence electrons. The molecule has 0 bridgehead atoms. The van der Waals surface area contributed by atoms with Crippen LogP contribution in [-0.2, 0) is 10.2 Å². The lowest BCUT2D eigenvalue weighted by molar-refractivity contribution is -0.120. The van der Waals surface area contributed by atoms with Crippen molar-refractivity contribution >= 4 is 46.1 Å². The SMILES string of the molecule is Cc1cc(-c2ncnc3[nH]c(-c4ccc(N5CCN(CC6CCN(c7ccc(N8CCC(=O)NC8=O)cc7)CC6)CC5)nc4)cc23)ccc1[C@@H](C)NC(=O)c1nc(C(C)(C)C)no1. The fourth-order valence-electron chi connectivity index (χ4n) is 8.88. The van der Waals surface area contributed by atoms with Gasteiger partial charge in [0.15, 0.2) is 5.82 Å². The van der Waals surface area contributed by atoms with Crippen LogP contribution in [0.15, 0.2) is 77.7 Å². The summed E-state index contributed by atoms with van der Waals surface area (Å²) in [5.41, 5.74) is 8.06. The van der Waals surface area contributed by atoms with Crippen LogP contribution in [0.2, 0.25) is 0 Å². The van der Waals surface area contributed by atoms with Gasteiger partial charge in [-0.25, -0.2) is 19.7 Å². The van der Waals surface area contributed by atoms with Gasteiger partial charge in [0.05, 0.1) is 11.7 Å². The number of urea groups is 1. The quantitative estimate of drug-likeness (QED) is 0.134. The molecular formula is C47H54N12O4. The van der Waals surface area contributed by atoms with Crippen molar-refractivity contribution < 1.29 is 18.9 Å². The third kappa shape index (κ3) is 8.98. The van der Waals surface area contributed by atoms with Crippen molar-refractivity contribution in [3.05, 3.63) is 96.0 Å². The van der Waals surface area contributed by atoms with Crippen LogP contribution in [0, 0.1) is 12.8 Å². The summed E-state index contributed by atoms with van der Waals surface area (Å²) in [5, 5.41) is 10.3.